The van der Waals surface area contributed by atoms with Crippen LogP contribution in [0.4, 0.5) is 0 Å². The highest BCUT2D eigenvalue weighted by Crippen LogP contribution is 2.39. The average Bonchev–Trinajstić information content (AvgIpc) is 3.84. The summed E-state index contributed by atoms with van der Waals surface area (Å²) < 4.78 is 10.5. The first kappa shape index (κ1) is 36.4. The molecule has 0 aliphatic carbocycles. The van der Waals surface area contributed by atoms with Gasteiger partial charge in [-0.2, -0.15) is 0 Å². The second-order valence-corrected chi connectivity index (χ2v) is 16.0. The number of hydrogen-bond acceptors (Lipinski definition) is 4. The minimum absolute atomic E-state index is 0.364. The molecule has 0 fully saturated rings. The van der Waals surface area contributed by atoms with Crippen LogP contribution < -0.4 is 0 Å². The van der Waals surface area contributed by atoms with Crippen molar-refractivity contribution in [3.63, 3.8) is 0 Å². The van der Waals surface area contributed by atoms with Gasteiger partial charge in [-0.25, -0.2) is 15.0 Å². The molecule has 0 spiro atoms. The Morgan fingerprint density at radius 1 is 0.361 bits per heavy atom. The maximum Gasteiger partial charge on any atom is 0.164 e. The molecular formula is C55H41N5O. The van der Waals surface area contributed by atoms with Gasteiger partial charge in [-0.3, -0.25) is 0 Å². The highest BCUT2D eigenvalue weighted by Gasteiger charge is 2.21. The van der Waals surface area contributed by atoms with Crippen molar-refractivity contribution in [2.45, 2.75) is 19.4 Å². The van der Waals surface area contributed by atoms with E-state index in [0.717, 1.165) is 55.8 Å². The number of rotatable bonds is 8. The van der Waals surface area contributed by atoms with Crippen molar-refractivity contribution in [2.24, 2.45) is 0 Å². The quantitative estimate of drug-likeness (QED) is 0.154. The van der Waals surface area contributed by atoms with Crippen LogP contribution in [0.25, 0.3) is 100 Å². The van der Waals surface area contributed by atoms with Crippen LogP contribution in [0.5, 0.6) is 0 Å². The number of nitrogens with zero attached hydrogens (tertiary/aromatic N) is 5. The van der Waals surface area contributed by atoms with Gasteiger partial charge in [0.25, 0.3) is 0 Å². The molecule has 0 atom stereocenters. The van der Waals surface area contributed by atoms with Gasteiger partial charge >= 0.3 is 0 Å². The van der Waals surface area contributed by atoms with Crippen LogP contribution in [0, 0.1) is 0 Å². The maximum absolute atomic E-state index is 5.77. The summed E-state index contributed by atoms with van der Waals surface area (Å²) >= 11 is 0. The predicted molar refractivity (Wildman–Crippen MR) is 250 cm³/mol. The predicted octanol–water partition coefficient (Wildman–Crippen LogP) is 13.6. The summed E-state index contributed by atoms with van der Waals surface area (Å²) in [6.07, 6.45) is 0. The van der Waals surface area contributed by atoms with Gasteiger partial charge < -0.3 is 13.9 Å². The Bertz CT molecular complexity index is 3360. The SMILES string of the molecule is COC(C)(C)c1ccc(-n2c3ccccc3c3cc(-c4ccc5c6ccccc6n(-c6cccc(-c7nc(-c8ccccc8)nc(-c8ccccc8)n7)c6)c5c4)ccc32)cc1. The number of hydrogen-bond donors (Lipinski definition) is 0. The highest BCUT2D eigenvalue weighted by molar-refractivity contribution is 6.12. The fraction of sp³-hybridized carbons (Fsp3) is 0.0727. The van der Waals surface area contributed by atoms with Gasteiger partial charge in [-0.05, 0) is 85.1 Å². The number of benzene rings is 8. The van der Waals surface area contributed by atoms with E-state index in [1.54, 1.807) is 7.11 Å². The van der Waals surface area contributed by atoms with Gasteiger partial charge in [0.1, 0.15) is 0 Å². The molecule has 0 bridgehead atoms. The molecule has 292 valence electrons. The second kappa shape index (κ2) is 14.6. The van der Waals surface area contributed by atoms with Gasteiger partial charge in [-0.15, -0.1) is 0 Å². The average molecular weight is 788 g/mol. The lowest BCUT2D eigenvalue weighted by atomic mass is 9.98. The number of para-hydroxylation sites is 2. The molecule has 0 aliphatic heterocycles. The van der Waals surface area contributed by atoms with Gasteiger partial charge in [0.05, 0.1) is 27.7 Å². The van der Waals surface area contributed by atoms with E-state index < -0.39 is 0 Å². The molecule has 3 heterocycles. The van der Waals surface area contributed by atoms with Crippen LogP contribution in [0.15, 0.2) is 194 Å². The topological polar surface area (TPSA) is 57.8 Å². The van der Waals surface area contributed by atoms with Crippen LogP contribution in [-0.4, -0.2) is 31.2 Å². The molecule has 11 aromatic rings. The molecule has 61 heavy (non-hydrogen) atoms. The van der Waals surface area contributed by atoms with E-state index in [9.17, 15) is 0 Å². The fourth-order valence-electron chi connectivity index (χ4n) is 8.71. The van der Waals surface area contributed by atoms with Gasteiger partial charge in [0, 0.05) is 56.7 Å². The Morgan fingerprint density at radius 3 is 1.49 bits per heavy atom. The molecule has 0 radical (unpaired) electrons. The molecular weight excluding hydrogens is 747 g/mol. The van der Waals surface area contributed by atoms with Gasteiger partial charge in [-0.1, -0.05) is 140 Å². The third-order valence-corrected chi connectivity index (χ3v) is 12.1. The largest absolute Gasteiger partial charge is 0.374 e. The number of methoxy groups -OCH3 is 1. The maximum atomic E-state index is 5.77. The van der Waals surface area contributed by atoms with Crippen molar-refractivity contribution in [3.8, 4) is 56.7 Å². The molecule has 6 heteroatoms. The standard InChI is InChI=1S/C55H41N5O/c1-55(2,61-3)41-27-29-42(30-28-41)59-49-24-13-11-22-45(49)47-34-38(26-32-50(47)59)39-25-31-46-44-21-10-12-23-48(44)60(51(46)35-39)43-20-14-19-40(33-43)54-57-52(36-15-6-4-7-16-36)56-53(58-54)37-17-8-5-9-18-37/h4-35H,1-3H3. The molecule has 6 nitrogen and oxygen atoms in total. The summed E-state index contributed by atoms with van der Waals surface area (Å²) in [6, 6.07) is 68.6. The van der Waals surface area contributed by atoms with E-state index in [2.05, 4.69) is 156 Å². The number of ether oxygens (including phenoxy) is 1. The Labute approximate surface area is 354 Å². The van der Waals surface area contributed by atoms with E-state index >= 15 is 0 Å². The molecule has 0 saturated heterocycles. The van der Waals surface area contributed by atoms with Crippen molar-refractivity contribution >= 4 is 43.6 Å². The van der Waals surface area contributed by atoms with Crippen LogP contribution in [0.1, 0.15) is 19.4 Å². The Hall–Kier alpha value is -7.67. The summed E-state index contributed by atoms with van der Waals surface area (Å²) in [6.45, 7) is 4.19. The van der Waals surface area contributed by atoms with E-state index in [4.69, 9.17) is 19.7 Å². The Balaban J connectivity index is 1.04. The minimum Gasteiger partial charge on any atom is -0.374 e. The molecule has 0 N–H and O–H groups in total. The first-order chi connectivity index (χ1) is 29.9. The molecule has 8 aromatic carbocycles. The van der Waals surface area contributed by atoms with Crippen molar-refractivity contribution < 1.29 is 4.74 Å². The first-order valence-electron chi connectivity index (χ1n) is 20.6. The normalized spacial score (nSPS) is 11.9. The third kappa shape index (κ3) is 6.28. The summed E-state index contributed by atoms with van der Waals surface area (Å²) in [5, 5.41) is 4.83. The number of aromatic nitrogens is 5. The monoisotopic (exact) mass is 787 g/mol. The van der Waals surface area contributed by atoms with E-state index in [-0.39, 0.29) is 5.60 Å². The summed E-state index contributed by atoms with van der Waals surface area (Å²) in [5.74, 6) is 1.90. The smallest absolute Gasteiger partial charge is 0.164 e. The van der Waals surface area contributed by atoms with E-state index in [1.165, 1.54) is 32.6 Å². The van der Waals surface area contributed by atoms with E-state index in [0.29, 0.717) is 17.5 Å². The van der Waals surface area contributed by atoms with Gasteiger partial charge in [0.15, 0.2) is 17.5 Å². The second-order valence-electron chi connectivity index (χ2n) is 16.0. The van der Waals surface area contributed by atoms with Crippen LogP contribution >= 0.6 is 0 Å². The minimum atomic E-state index is -0.364. The number of fused-ring (bicyclic) bond motifs is 6. The lowest BCUT2D eigenvalue weighted by Gasteiger charge is -2.23. The van der Waals surface area contributed by atoms with Crippen molar-refractivity contribution in [3.05, 3.63) is 200 Å². The zero-order valence-electron chi connectivity index (χ0n) is 34.1. The fourth-order valence-corrected chi connectivity index (χ4v) is 8.71. The third-order valence-electron chi connectivity index (χ3n) is 12.1. The zero-order chi connectivity index (χ0) is 41.1. The molecule has 11 rings (SSSR count). The van der Waals surface area contributed by atoms with Crippen LogP contribution in [-0.2, 0) is 10.3 Å². The van der Waals surface area contributed by atoms with Crippen LogP contribution in [0.3, 0.4) is 0 Å². The lowest BCUT2D eigenvalue weighted by Crippen LogP contribution is -2.19. The summed E-state index contributed by atoms with van der Waals surface area (Å²) in [7, 11) is 1.76. The molecule has 0 aliphatic rings. The van der Waals surface area contributed by atoms with E-state index in [1.807, 2.05) is 60.7 Å². The van der Waals surface area contributed by atoms with Crippen molar-refractivity contribution in [1.82, 2.24) is 24.1 Å². The molecule has 0 unspecified atom stereocenters. The van der Waals surface area contributed by atoms with Gasteiger partial charge in [0.2, 0.25) is 0 Å². The summed E-state index contributed by atoms with van der Waals surface area (Å²) in [4.78, 5) is 15.0. The molecule has 3 aromatic heterocycles. The Morgan fingerprint density at radius 2 is 0.852 bits per heavy atom. The molecule has 0 saturated carbocycles. The Kier molecular flexibility index (Phi) is 8.69. The van der Waals surface area contributed by atoms with Crippen LogP contribution in [0.2, 0.25) is 0 Å². The van der Waals surface area contributed by atoms with Crippen molar-refractivity contribution in [2.75, 3.05) is 7.11 Å². The first-order valence-corrected chi connectivity index (χ1v) is 20.6. The zero-order valence-corrected chi connectivity index (χ0v) is 34.1. The lowest BCUT2D eigenvalue weighted by molar-refractivity contribution is 0.0192. The highest BCUT2D eigenvalue weighted by atomic mass is 16.5. The van der Waals surface area contributed by atoms with Crippen molar-refractivity contribution in [1.29, 1.82) is 0 Å². The summed E-state index contributed by atoms with van der Waals surface area (Å²) in [5.41, 5.74) is 12.6. The molecule has 0 amide bonds.